The predicted octanol–water partition coefficient (Wildman–Crippen LogP) is 3.09. The molecule has 2 aliphatic rings. The van der Waals surface area contributed by atoms with Crippen LogP contribution in [0.15, 0.2) is 30.7 Å². The molecule has 2 unspecified atom stereocenters. The number of nitrogens with zero attached hydrogens (tertiary/aromatic N) is 3. The van der Waals surface area contributed by atoms with E-state index in [0.29, 0.717) is 43.1 Å². The third kappa shape index (κ3) is 4.67. The van der Waals surface area contributed by atoms with Gasteiger partial charge < -0.3 is 19.5 Å². The predicted molar refractivity (Wildman–Crippen MR) is 113 cm³/mol. The highest BCUT2D eigenvalue weighted by atomic mass is 19.1. The van der Waals surface area contributed by atoms with E-state index in [9.17, 15) is 9.18 Å². The molecule has 1 amide bonds. The number of amides is 1. The summed E-state index contributed by atoms with van der Waals surface area (Å²) < 4.78 is 21.8. The molecule has 1 saturated heterocycles. The first kappa shape index (κ1) is 20.8. The first-order valence-electron chi connectivity index (χ1n) is 10.6. The molecule has 1 aromatic carbocycles. The van der Waals surface area contributed by atoms with E-state index in [-0.39, 0.29) is 22.9 Å². The van der Waals surface area contributed by atoms with Crippen LogP contribution in [0.1, 0.15) is 36.8 Å². The van der Waals surface area contributed by atoms with Crippen LogP contribution in [0.3, 0.4) is 0 Å². The maximum Gasteiger partial charge on any atom is 0.274 e. The fraction of sp³-hybridized carbons (Fsp3) is 0.565. The topological polar surface area (TPSA) is 59.4 Å². The van der Waals surface area contributed by atoms with Crippen molar-refractivity contribution >= 4 is 5.91 Å². The van der Waals surface area contributed by atoms with Gasteiger partial charge in [0.2, 0.25) is 0 Å². The Balaban J connectivity index is 1.51. The van der Waals surface area contributed by atoms with Gasteiger partial charge in [0.25, 0.3) is 5.91 Å². The van der Waals surface area contributed by atoms with Crippen LogP contribution in [0.25, 0.3) is 0 Å². The molecular weight excluding hydrogens is 383 g/mol. The third-order valence-electron chi connectivity index (χ3n) is 5.94. The van der Waals surface area contributed by atoms with Crippen molar-refractivity contribution in [2.75, 3.05) is 26.2 Å². The average molecular weight is 415 g/mol. The van der Waals surface area contributed by atoms with Crippen LogP contribution >= 0.6 is 0 Å². The van der Waals surface area contributed by atoms with Crippen molar-refractivity contribution in [2.45, 2.75) is 27.3 Å². The first-order valence-corrected chi connectivity index (χ1v) is 10.6. The lowest BCUT2D eigenvalue weighted by Crippen LogP contribution is -2.34. The highest BCUT2D eigenvalue weighted by Gasteiger charge is 2.53. The minimum absolute atomic E-state index is 0.0682. The Bertz CT molecular complexity index is 910. The standard InChI is InChI=1S/C23H31FN4O2/c1-23(2,3)13-30-21-7-15(5-6-19(21)24)10-28(11-18-16-8-25-9-17(16)18)22(29)20-12-27(4)14-26-20/h5-7,12,14,16-18,25H,8-11,13H2,1-4H3. The van der Waals surface area contributed by atoms with Crippen LogP contribution in [0, 0.1) is 29.0 Å². The van der Waals surface area contributed by atoms with E-state index in [0.717, 1.165) is 18.7 Å². The number of halogens is 1. The molecule has 0 radical (unpaired) electrons. The molecule has 2 heterocycles. The van der Waals surface area contributed by atoms with Gasteiger partial charge in [-0.1, -0.05) is 26.8 Å². The number of hydrogen-bond donors (Lipinski definition) is 1. The van der Waals surface area contributed by atoms with Crippen LogP contribution in [-0.4, -0.2) is 46.6 Å². The summed E-state index contributed by atoms with van der Waals surface area (Å²) in [4.78, 5) is 19.3. The van der Waals surface area contributed by atoms with Gasteiger partial charge in [0.1, 0.15) is 5.69 Å². The molecule has 1 aliphatic heterocycles. The number of aryl methyl sites for hydroxylation is 1. The molecule has 30 heavy (non-hydrogen) atoms. The summed E-state index contributed by atoms with van der Waals surface area (Å²) in [5.74, 6) is 1.60. The van der Waals surface area contributed by atoms with Crippen molar-refractivity contribution < 1.29 is 13.9 Å². The number of benzene rings is 1. The molecule has 4 rings (SSSR count). The summed E-state index contributed by atoms with van der Waals surface area (Å²) in [5.41, 5.74) is 1.22. The summed E-state index contributed by atoms with van der Waals surface area (Å²) in [5, 5.41) is 3.40. The number of imidazole rings is 1. The minimum atomic E-state index is -0.381. The zero-order valence-electron chi connectivity index (χ0n) is 18.2. The van der Waals surface area contributed by atoms with E-state index in [4.69, 9.17) is 4.74 Å². The molecule has 0 bridgehead atoms. The number of aromatic nitrogens is 2. The van der Waals surface area contributed by atoms with Crippen LogP contribution in [0.2, 0.25) is 0 Å². The number of hydrogen-bond acceptors (Lipinski definition) is 4. The molecule has 7 heteroatoms. The number of ether oxygens (including phenoxy) is 1. The zero-order valence-corrected chi connectivity index (χ0v) is 18.2. The molecule has 162 valence electrons. The van der Waals surface area contributed by atoms with E-state index in [1.807, 2.05) is 32.7 Å². The minimum Gasteiger partial charge on any atom is -0.490 e. The Hall–Kier alpha value is -2.41. The van der Waals surface area contributed by atoms with Gasteiger partial charge in [0.15, 0.2) is 11.6 Å². The first-order chi connectivity index (χ1) is 14.2. The maximum absolute atomic E-state index is 14.3. The van der Waals surface area contributed by atoms with Crippen molar-refractivity contribution in [1.82, 2.24) is 19.8 Å². The van der Waals surface area contributed by atoms with Crippen molar-refractivity contribution in [3.8, 4) is 5.75 Å². The van der Waals surface area contributed by atoms with E-state index < -0.39 is 0 Å². The number of carbonyl (C=O) groups excluding carboxylic acids is 1. The normalized spacial score (nSPS) is 22.6. The van der Waals surface area contributed by atoms with E-state index in [1.54, 1.807) is 29.2 Å². The van der Waals surface area contributed by atoms with Crippen LogP contribution in [-0.2, 0) is 13.6 Å². The lowest BCUT2D eigenvalue weighted by atomic mass is 9.99. The highest BCUT2D eigenvalue weighted by Crippen LogP contribution is 2.49. The average Bonchev–Trinajstić information content (AvgIpc) is 3.05. The molecule has 1 aliphatic carbocycles. The van der Waals surface area contributed by atoms with Gasteiger partial charge in [-0.15, -0.1) is 0 Å². The fourth-order valence-electron chi connectivity index (χ4n) is 4.25. The highest BCUT2D eigenvalue weighted by molar-refractivity contribution is 5.92. The summed E-state index contributed by atoms with van der Waals surface area (Å²) in [7, 11) is 1.85. The van der Waals surface area contributed by atoms with Crippen LogP contribution in [0.4, 0.5) is 4.39 Å². The number of carbonyl (C=O) groups is 1. The number of rotatable bonds is 7. The molecule has 1 aromatic heterocycles. The summed E-state index contributed by atoms with van der Waals surface area (Å²) >= 11 is 0. The summed E-state index contributed by atoms with van der Waals surface area (Å²) in [6, 6.07) is 4.87. The second kappa shape index (κ2) is 8.02. The second-order valence-electron chi connectivity index (χ2n) is 9.87. The lowest BCUT2D eigenvalue weighted by Gasteiger charge is -2.24. The summed E-state index contributed by atoms with van der Waals surface area (Å²) in [6.07, 6.45) is 3.38. The fourth-order valence-corrected chi connectivity index (χ4v) is 4.25. The Morgan fingerprint density at radius 2 is 2.07 bits per heavy atom. The van der Waals surface area contributed by atoms with Gasteiger partial charge in [-0.3, -0.25) is 4.79 Å². The van der Waals surface area contributed by atoms with E-state index in [2.05, 4.69) is 10.3 Å². The van der Waals surface area contributed by atoms with Gasteiger partial charge in [-0.25, -0.2) is 9.37 Å². The van der Waals surface area contributed by atoms with Gasteiger partial charge in [-0.2, -0.15) is 0 Å². The van der Waals surface area contributed by atoms with Gasteiger partial charge in [-0.05, 0) is 54.0 Å². The lowest BCUT2D eigenvalue weighted by molar-refractivity contribution is 0.0723. The van der Waals surface area contributed by atoms with Crippen molar-refractivity contribution in [3.63, 3.8) is 0 Å². The molecule has 2 atom stereocenters. The smallest absolute Gasteiger partial charge is 0.274 e. The van der Waals surface area contributed by atoms with Crippen molar-refractivity contribution in [3.05, 3.63) is 47.8 Å². The molecule has 2 aromatic rings. The molecular formula is C23H31FN4O2. The van der Waals surface area contributed by atoms with Crippen LogP contribution < -0.4 is 10.1 Å². The van der Waals surface area contributed by atoms with Crippen LogP contribution in [0.5, 0.6) is 5.75 Å². The van der Waals surface area contributed by atoms with E-state index >= 15 is 0 Å². The van der Waals surface area contributed by atoms with E-state index in [1.165, 1.54) is 6.07 Å². The molecule has 0 spiro atoms. The van der Waals surface area contributed by atoms with Crippen molar-refractivity contribution in [2.24, 2.45) is 30.2 Å². The molecule has 2 fully saturated rings. The number of piperidine rings is 1. The SMILES string of the molecule is Cn1cnc(C(=O)N(Cc2ccc(F)c(OCC(C)(C)C)c2)CC2C3CNCC32)c1. The summed E-state index contributed by atoms with van der Waals surface area (Å²) in [6.45, 7) is 9.72. The third-order valence-corrected chi connectivity index (χ3v) is 5.94. The Morgan fingerprint density at radius 3 is 2.70 bits per heavy atom. The number of fused-ring (bicyclic) bond motifs is 1. The molecule has 1 N–H and O–H groups in total. The second-order valence-corrected chi connectivity index (χ2v) is 9.87. The Morgan fingerprint density at radius 1 is 1.33 bits per heavy atom. The zero-order chi connectivity index (χ0) is 21.5. The maximum atomic E-state index is 14.3. The van der Waals surface area contributed by atoms with Gasteiger partial charge >= 0.3 is 0 Å². The number of nitrogens with one attached hydrogen (secondary N) is 1. The van der Waals surface area contributed by atoms with Crippen molar-refractivity contribution in [1.29, 1.82) is 0 Å². The quantitative estimate of drug-likeness (QED) is 0.756. The Kier molecular flexibility index (Phi) is 5.57. The molecule has 6 nitrogen and oxygen atoms in total. The molecule has 1 saturated carbocycles. The Labute approximate surface area is 177 Å². The van der Waals surface area contributed by atoms with Gasteiger partial charge in [0, 0.05) is 26.3 Å². The van der Waals surface area contributed by atoms with Gasteiger partial charge in [0.05, 0.1) is 12.9 Å². The largest absolute Gasteiger partial charge is 0.490 e. The monoisotopic (exact) mass is 414 g/mol.